The number of hydrogen-bond donors (Lipinski definition) is 1. The predicted octanol–water partition coefficient (Wildman–Crippen LogP) is 4.92. The third-order valence-electron chi connectivity index (χ3n) is 4.75. The number of carbonyl (C=O) groups is 1. The first-order chi connectivity index (χ1) is 15.8. The van der Waals surface area contributed by atoms with Gasteiger partial charge in [0, 0.05) is 24.7 Å². The molecular weight excluding hydrogens is 402 g/mol. The second-order valence-corrected chi connectivity index (χ2v) is 7.05. The van der Waals surface area contributed by atoms with E-state index in [1.54, 1.807) is 24.3 Å². The second kappa shape index (κ2) is 10.8. The number of nitrogens with zero attached hydrogens (tertiary/aromatic N) is 2. The van der Waals surface area contributed by atoms with Crippen molar-refractivity contribution in [1.29, 1.82) is 0 Å². The minimum absolute atomic E-state index is 0.496. The fourth-order valence-electron chi connectivity index (χ4n) is 3.10. The summed E-state index contributed by atoms with van der Waals surface area (Å²) in [5.41, 5.74) is 3.75. The molecule has 0 saturated carbocycles. The van der Waals surface area contributed by atoms with Crippen molar-refractivity contribution < 1.29 is 14.3 Å². The first kappa shape index (κ1) is 21.2. The van der Waals surface area contributed by atoms with Crippen LogP contribution >= 0.6 is 0 Å². The van der Waals surface area contributed by atoms with Crippen molar-refractivity contribution in [3.63, 3.8) is 0 Å². The van der Waals surface area contributed by atoms with E-state index in [1.807, 2.05) is 48.5 Å². The van der Waals surface area contributed by atoms with Crippen molar-refractivity contribution in [2.24, 2.45) is 0 Å². The monoisotopic (exact) mass is 425 g/mol. The van der Waals surface area contributed by atoms with Crippen LogP contribution in [0.25, 0.3) is 11.1 Å². The van der Waals surface area contributed by atoms with Gasteiger partial charge in [0.2, 0.25) is 5.88 Å². The van der Waals surface area contributed by atoms with Crippen molar-refractivity contribution in [2.45, 2.75) is 6.54 Å². The van der Waals surface area contributed by atoms with Crippen LogP contribution in [0, 0.1) is 0 Å². The van der Waals surface area contributed by atoms with E-state index in [0.717, 1.165) is 34.6 Å². The van der Waals surface area contributed by atoms with E-state index < -0.39 is 0 Å². The van der Waals surface area contributed by atoms with Gasteiger partial charge in [-0.1, -0.05) is 42.5 Å². The number of nitrogens with one attached hydrogen (secondary N) is 1. The lowest BCUT2D eigenvalue weighted by Crippen LogP contribution is -2.21. The number of benzene rings is 3. The van der Waals surface area contributed by atoms with Crippen LogP contribution in [-0.4, -0.2) is 29.4 Å². The van der Waals surface area contributed by atoms with Gasteiger partial charge in [-0.2, -0.15) is 0 Å². The summed E-state index contributed by atoms with van der Waals surface area (Å²) in [5.74, 6) is 1.94. The molecule has 6 nitrogen and oxygen atoms in total. The van der Waals surface area contributed by atoms with Gasteiger partial charge in [0.15, 0.2) is 0 Å². The van der Waals surface area contributed by atoms with Crippen LogP contribution in [0.3, 0.4) is 0 Å². The highest BCUT2D eigenvalue weighted by molar-refractivity contribution is 5.74. The molecule has 1 aromatic heterocycles. The number of rotatable bonds is 10. The quantitative estimate of drug-likeness (QED) is 0.287. The normalized spacial score (nSPS) is 10.5. The number of carbonyl (C=O) groups excluding carboxylic acids is 1. The Morgan fingerprint density at radius 1 is 0.812 bits per heavy atom. The lowest BCUT2D eigenvalue weighted by molar-refractivity contribution is 0.112. The number of hydrogen-bond acceptors (Lipinski definition) is 6. The van der Waals surface area contributed by atoms with Gasteiger partial charge in [-0.15, -0.1) is 0 Å². The maximum Gasteiger partial charge on any atom is 0.222 e. The van der Waals surface area contributed by atoms with Crippen molar-refractivity contribution in [3.8, 4) is 28.5 Å². The van der Waals surface area contributed by atoms with Gasteiger partial charge in [-0.25, -0.2) is 9.97 Å². The molecule has 6 heteroatoms. The third kappa shape index (κ3) is 6.00. The van der Waals surface area contributed by atoms with Crippen LogP contribution in [0.1, 0.15) is 16.1 Å². The minimum atomic E-state index is 0.496. The van der Waals surface area contributed by atoms with E-state index in [1.165, 1.54) is 6.33 Å². The summed E-state index contributed by atoms with van der Waals surface area (Å²) in [6, 6.07) is 27.0. The largest absolute Gasteiger partial charge is 0.492 e. The van der Waals surface area contributed by atoms with Crippen LogP contribution in [0.15, 0.2) is 91.3 Å². The molecule has 0 unspecified atom stereocenters. The molecule has 0 radical (unpaired) electrons. The molecule has 0 aliphatic rings. The highest BCUT2D eigenvalue weighted by atomic mass is 16.5. The SMILES string of the molecule is O=Cc1ccc(OCCNCc2cc(Oc3ccc(-c4ccccc4)cc3)ncn2)cc1. The molecule has 0 saturated heterocycles. The molecular formula is C26H23N3O3. The van der Waals surface area contributed by atoms with Crippen molar-refractivity contribution in [1.82, 2.24) is 15.3 Å². The Bertz CT molecular complexity index is 1130. The van der Waals surface area contributed by atoms with E-state index in [2.05, 4.69) is 27.4 Å². The maximum absolute atomic E-state index is 10.7. The number of aldehydes is 1. The molecule has 0 bridgehead atoms. The fraction of sp³-hybridized carbons (Fsp3) is 0.115. The molecule has 0 atom stereocenters. The number of ether oxygens (including phenoxy) is 2. The molecule has 0 amide bonds. The first-order valence-corrected chi connectivity index (χ1v) is 10.3. The Balaban J connectivity index is 1.24. The summed E-state index contributed by atoms with van der Waals surface area (Å²) in [5, 5.41) is 3.28. The van der Waals surface area contributed by atoms with Crippen LogP contribution < -0.4 is 14.8 Å². The Labute approximate surface area is 186 Å². The summed E-state index contributed by atoms with van der Waals surface area (Å²) in [4.78, 5) is 19.2. The summed E-state index contributed by atoms with van der Waals surface area (Å²) in [7, 11) is 0. The summed E-state index contributed by atoms with van der Waals surface area (Å²) in [6.45, 7) is 1.72. The summed E-state index contributed by atoms with van der Waals surface area (Å²) < 4.78 is 11.5. The molecule has 3 aromatic carbocycles. The maximum atomic E-state index is 10.7. The first-order valence-electron chi connectivity index (χ1n) is 10.3. The topological polar surface area (TPSA) is 73.3 Å². The van der Waals surface area contributed by atoms with Gasteiger partial charge >= 0.3 is 0 Å². The second-order valence-electron chi connectivity index (χ2n) is 7.05. The molecule has 32 heavy (non-hydrogen) atoms. The third-order valence-corrected chi connectivity index (χ3v) is 4.75. The van der Waals surface area contributed by atoms with E-state index in [0.29, 0.717) is 31.1 Å². The van der Waals surface area contributed by atoms with E-state index in [9.17, 15) is 4.79 Å². The molecule has 0 aliphatic heterocycles. The zero-order chi connectivity index (χ0) is 22.0. The van der Waals surface area contributed by atoms with Crippen LogP contribution in [0.5, 0.6) is 17.4 Å². The van der Waals surface area contributed by atoms with Gasteiger partial charge < -0.3 is 14.8 Å². The van der Waals surface area contributed by atoms with Crippen LogP contribution in [0.4, 0.5) is 0 Å². The molecule has 0 fully saturated rings. The smallest absolute Gasteiger partial charge is 0.222 e. The number of aromatic nitrogens is 2. The molecule has 0 spiro atoms. The highest BCUT2D eigenvalue weighted by Crippen LogP contribution is 2.25. The molecule has 1 heterocycles. The zero-order valence-electron chi connectivity index (χ0n) is 17.5. The van der Waals surface area contributed by atoms with Gasteiger partial charge in [0.25, 0.3) is 0 Å². The van der Waals surface area contributed by atoms with E-state index in [4.69, 9.17) is 9.47 Å². The van der Waals surface area contributed by atoms with Gasteiger partial charge in [0.1, 0.15) is 30.7 Å². The average molecular weight is 425 g/mol. The minimum Gasteiger partial charge on any atom is -0.492 e. The van der Waals surface area contributed by atoms with Crippen LogP contribution in [0.2, 0.25) is 0 Å². The molecule has 1 N–H and O–H groups in total. The average Bonchev–Trinajstić information content (AvgIpc) is 2.85. The summed E-state index contributed by atoms with van der Waals surface area (Å²) >= 11 is 0. The fourth-order valence-corrected chi connectivity index (χ4v) is 3.10. The molecule has 0 aliphatic carbocycles. The van der Waals surface area contributed by atoms with Crippen LogP contribution in [-0.2, 0) is 6.54 Å². The van der Waals surface area contributed by atoms with Gasteiger partial charge in [0.05, 0.1) is 5.69 Å². The zero-order valence-corrected chi connectivity index (χ0v) is 17.5. The standard InChI is InChI=1S/C26H23N3O3/c30-18-20-6-10-24(11-7-20)31-15-14-27-17-23-16-26(29-19-28-23)32-25-12-8-22(9-13-25)21-4-2-1-3-5-21/h1-13,16,18-19,27H,14-15,17H2. The molecule has 160 valence electrons. The Kier molecular flexibility index (Phi) is 7.18. The Morgan fingerprint density at radius 2 is 1.53 bits per heavy atom. The highest BCUT2D eigenvalue weighted by Gasteiger charge is 2.03. The predicted molar refractivity (Wildman–Crippen MR) is 123 cm³/mol. The van der Waals surface area contributed by atoms with Crippen molar-refractivity contribution >= 4 is 6.29 Å². The molecule has 4 rings (SSSR count). The Hall–Kier alpha value is -4.03. The van der Waals surface area contributed by atoms with Crippen molar-refractivity contribution in [2.75, 3.05) is 13.2 Å². The lowest BCUT2D eigenvalue weighted by Gasteiger charge is -2.09. The Morgan fingerprint density at radius 3 is 2.28 bits per heavy atom. The van der Waals surface area contributed by atoms with E-state index >= 15 is 0 Å². The molecule has 4 aromatic rings. The van der Waals surface area contributed by atoms with Crippen molar-refractivity contribution in [3.05, 3.63) is 103 Å². The summed E-state index contributed by atoms with van der Waals surface area (Å²) in [6.07, 6.45) is 2.31. The lowest BCUT2D eigenvalue weighted by atomic mass is 10.1. The van der Waals surface area contributed by atoms with E-state index in [-0.39, 0.29) is 0 Å². The van der Waals surface area contributed by atoms with Gasteiger partial charge in [-0.05, 0) is 47.5 Å². The van der Waals surface area contributed by atoms with Gasteiger partial charge in [-0.3, -0.25) is 4.79 Å².